The van der Waals surface area contributed by atoms with Crippen LogP contribution in [0.3, 0.4) is 0 Å². The van der Waals surface area contributed by atoms with Crippen LogP contribution in [0.15, 0.2) is 48.7 Å². The van der Waals surface area contributed by atoms with E-state index in [0.717, 1.165) is 41.2 Å². The molecule has 5 rings (SSSR count). The number of aromatic nitrogens is 1. The van der Waals surface area contributed by atoms with E-state index >= 15 is 0 Å². The maximum absolute atomic E-state index is 13.4. The Morgan fingerprint density at radius 3 is 2.56 bits per heavy atom. The number of H-pyrrole nitrogens is 1. The van der Waals surface area contributed by atoms with Crippen molar-refractivity contribution in [2.24, 2.45) is 5.92 Å². The molecule has 7 nitrogen and oxygen atoms in total. The summed E-state index contributed by atoms with van der Waals surface area (Å²) in [6.45, 7) is 2.78. The Morgan fingerprint density at radius 2 is 1.87 bits per heavy atom. The first-order valence-electron chi connectivity index (χ1n) is 13.5. The monoisotopic (exact) mass is 539 g/mol. The summed E-state index contributed by atoms with van der Waals surface area (Å²) >= 11 is 0. The number of hydrogen-bond acceptors (Lipinski definition) is 5. The van der Waals surface area contributed by atoms with Gasteiger partial charge in [-0.1, -0.05) is 0 Å². The fourth-order valence-corrected chi connectivity index (χ4v) is 5.95. The fourth-order valence-electron chi connectivity index (χ4n) is 5.95. The van der Waals surface area contributed by atoms with Crippen molar-refractivity contribution in [3.63, 3.8) is 0 Å². The van der Waals surface area contributed by atoms with Crippen molar-refractivity contribution in [3.05, 3.63) is 71.4 Å². The molecule has 3 aromatic rings. The first-order valence-corrected chi connectivity index (χ1v) is 13.5. The number of rotatable bonds is 7. The second-order valence-corrected chi connectivity index (χ2v) is 10.6. The van der Waals surface area contributed by atoms with E-state index in [1.54, 1.807) is 12.0 Å². The number of nitrogens with one attached hydrogen (secondary N) is 1. The minimum Gasteiger partial charge on any atom is -0.497 e. The predicted octanol–water partition coefficient (Wildman–Crippen LogP) is 3.92. The average Bonchev–Trinajstić information content (AvgIpc) is 3.34. The van der Waals surface area contributed by atoms with Crippen LogP contribution in [-0.2, 0) is 4.79 Å². The van der Waals surface area contributed by atoms with Gasteiger partial charge in [0.25, 0.3) is 0 Å². The number of aliphatic hydroxyl groups is 2. The van der Waals surface area contributed by atoms with Crippen LogP contribution in [0.1, 0.15) is 36.3 Å². The van der Waals surface area contributed by atoms with Crippen LogP contribution in [0.25, 0.3) is 17.0 Å². The molecule has 1 aromatic heterocycles. The quantitative estimate of drug-likeness (QED) is 0.396. The summed E-state index contributed by atoms with van der Waals surface area (Å²) < 4.78 is 32.0. The van der Waals surface area contributed by atoms with E-state index in [1.165, 1.54) is 24.3 Å². The number of likely N-dealkylation sites (tertiary alicyclic amines) is 2. The average molecular weight is 540 g/mol. The van der Waals surface area contributed by atoms with Crippen LogP contribution in [0.2, 0.25) is 0 Å². The van der Waals surface area contributed by atoms with Gasteiger partial charge in [-0.2, -0.15) is 0 Å². The number of halogens is 2. The molecule has 0 aliphatic carbocycles. The number of methoxy groups -OCH3 is 1. The van der Waals surface area contributed by atoms with Gasteiger partial charge in [0.2, 0.25) is 5.91 Å². The van der Waals surface area contributed by atoms with Crippen LogP contribution >= 0.6 is 0 Å². The molecule has 208 valence electrons. The lowest BCUT2D eigenvalue weighted by Crippen LogP contribution is -2.48. The minimum absolute atomic E-state index is 0.0201. The molecule has 2 fully saturated rings. The van der Waals surface area contributed by atoms with Gasteiger partial charge in [0.1, 0.15) is 17.4 Å². The topological polar surface area (TPSA) is 89.0 Å². The molecule has 2 saturated heterocycles. The fraction of sp³-hybridized carbons (Fsp3) is 0.433. The number of ether oxygens (including phenoxy) is 1. The van der Waals surface area contributed by atoms with Crippen molar-refractivity contribution < 1.29 is 28.5 Å². The van der Waals surface area contributed by atoms with Gasteiger partial charge in [0.15, 0.2) is 0 Å². The lowest BCUT2D eigenvalue weighted by molar-refractivity contribution is -0.128. The molecule has 2 aliphatic rings. The van der Waals surface area contributed by atoms with E-state index < -0.39 is 23.8 Å². The molecule has 39 heavy (non-hydrogen) atoms. The number of amides is 1. The number of benzene rings is 2. The number of hydrogen-bond donors (Lipinski definition) is 3. The lowest BCUT2D eigenvalue weighted by atomic mass is 9.86. The van der Waals surface area contributed by atoms with Crippen molar-refractivity contribution in [2.75, 3.05) is 39.8 Å². The molecule has 0 saturated carbocycles. The number of carbonyl (C=O) groups is 1. The van der Waals surface area contributed by atoms with Crippen LogP contribution in [0.5, 0.6) is 5.75 Å². The van der Waals surface area contributed by atoms with Gasteiger partial charge >= 0.3 is 0 Å². The van der Waals surface area contributed by atoms with Gasteiger partial charge in [-0.05, 0) is 73.2 Å². The van der Waals surface area contributed by atoms with Crippen LogP contribution < -0.4 is 4.74 Å². The molecule has 3 N–H and O–H groups in total. The molecule has 2 aliphatic heterocycles. The summed E-state index contributed by atoms with van der Waals surface area (Å²) in [5.41, 5.74) is 2.38. The van der Waals surface area contributed by atoms with Crippen molar-refractivity contribution in [2.45, 2.75) is 37.4 Å². The number of carbonyl (C=O) groups excluding carboxylic acids is 1. The minimum atomic E-state index is -0.687. The Bertz CT molecular complexity index is 1310. The number of aliphatic hydroxyl groups excluding tert-OH is 2. The zero-order valence-electron chi connectivity index (χ0n) is 22.0. The summed E-state index contributed by atoms with van der Waals surface area (Å²) in [5, 5.41) is 23.0. The zero-order valence-corrected chi connectivity index (χ0v) is 22.0. The first kappa shape index (κ1) is 27.3. The van der Waals surface area contributed by atoms with E-state index in [2.05, 4.69) is 9.88 Å². The molecule has 9 heteroatoms. The molecule has 3 atom stereocenters. The zero-order chi connectivity index (χ0) is 27.5. The van der Waals surface area contributed by atoms with Crippen LogP contribution in [0.4, 0.5) is 8.78 Å². The number of nitrogens with zero attached hydrogens (tertiary/aromatic N) is 2. The predicted molar refractivity (Wildman–Crippen MR) is 145 cm³/mol. The third-order valence-corrected chi connectivity index (χ3v) is 8.13. The van der Waals surface area contributed by atoms with Gasteiger partial charge in [0.05, 0.1) is 19.3 Å². The molecule has 3 heterocycles. The molecular weight excluding hydrogens is 504 g/mol. The van der Waals surface area contributed by atoms with Gasteiger partial charge < -0.3 is 24.8 Å². The van der Waals surface area contributed by atoms with E-state index in [4.69, 9.17) is 4.74 Å². The maximum Gasteiger partial charge on any atom is 0.246 e. The smallest absolute Gasteiger partial charge is 0.246 e. The Morgan fingerprint density at radius 1 is 1.13 bits per heavy atom. The summed E-state index contributed by atoms with van der Waals surface area (Å²) in [6, 6.07) is 9.05. The summed E-state index contributed by atoms with van der Waals surface area (Å²) in [4.78, 5) is 19.7. The second kappa shape index (κ2) is 11.9. The second-order valence-electron chi connectivity index (χ2n) is 10.6. The molecule has 0 bridgehead atoms. The molecule has 0 spiro atoms. The van der Waals surface area contributed by atoms with Gasteiger partial charge in [0, 0.05) is 67.4 Å². The Kier molecular flexibility index (Phi) is 8.30. The standard InChI is InChI=1S/C30H35F2N3O4/c1-39-23-3-4-24-26(16-33-27(24)15-23)25-8-9-34(18-29(25)37)17-28(36)20-6-10-35(11-7-20)30(38)5-2-19-12-21(31)14-22(32)13-19/h2-5,12-16,20,25,28-29,33,36-37H,6-11,17-18H2,1H3/b5-2+. The highest BCUT2D eigenvalue weighted by Gasteiger charge is 2.33. The molecule has 0 radical (unpaired) electrons. The highest BCUT2D eigenvalue weighted by Crippen LogP contribution is 2.35. The number of β-amino-alcohol motifs (C(OH)–C–C–N with tert-alkyl or cyclic N) is 2. The summed E-state index contributed by atoms with van der Waals surface area (Å²) in [7, 11) is 1.64. The molecular formula is C30H35F2N3O4. The van der Waals surface area contributed by atoms with Crippen molar-refractivity contribution in [1.82, 2.24) is 14.8 Å². The van der Waals surface area contributed by atoms with E-state index in [9.17, 15) is 23.8 Å². The Labute approximate surface area is 226 Å². The highest BCUT2D eigenvalue weighted by molar-refractivity contribution is 5.91. The van der Waals surface area contributed by atoms with Crippen molar-refractivity contribution >= 4 is 22.9 Å². The normalized spacial score (nSPS) is 22.0. The summed E-state index contributed by atoms with van der Waals surface area (Å²) in [5.74, 6) is -0.721. The number of aromatic amines is 1. The molecule has 2 aromatic carbocycles. The number of piperidine rings is 2. The SMILES string of the molecule is COc1ccc2c(C3CCN(CC(O)C4CCN(C(=O)/C=C/c5cc(F)cc(F)c5)CC4)CC3O)c[nH]c2c1. The third-order valence-electron chi connectivity index (χ3n) is 8.13. The third kappa shape index (κ3) is 6.32. The van der Waals surface area contributed by atoms with Gasteiger partial charge in [-0.15, -0.1) is 0 Å². The molecule has 3 unspecified atom stereocenters. The Hall–Kier alpha value is -3.27. The Balaban J connectivity index is 1.10. The van der Waals surface area contributed by atoms with Gasteiger partial charge in [-0.25, -0.2) is 8.78 Å². The van der Waals surface area contributed by atoms with E-state index in [-0.39, 0.29) is 17.7 Å². The van der Waals surface area contributed by atoms with E-state index in [1.807, 2.05) is 24.4 Å². The van der Waals surface area contributed by atoms with Gasteiger partial charge in [-0.3, -0.25) is 9.69 Å². The van der Waals surface area contributed by atoms with Crippen molar-refractivity contribution in [1.29, 1.82) is 0 Å². The lowest BCUT2D eigenvalue weighted by Gasteiger charge is -2.39. The van der Waals surface area contributed by atoms with E-state index in [0.29, 0.717) is 44.6 Å². The molecule has 1 amide bonds. The van der Waals surface area contributed by atoms with Crippen LogP contribution in [0, 0.1) is 17.6 Å². The summed E-state index contributed by atoms with van der Waals surface area (Å²) in [6.07, 6.45) is 5.78. The highest BCUT2D eigenvalue weighted by atomic mass is 19.1. The maximum atomic E-state index is 13.4. The number of fused-ring (bicyclic) bond motifs is 1. The van der Waals surface area contributed by atoms with Crippen LogP contribution in [-0.4, -0.2) is 82.9 Å². The first-order chi connectivity index (χ1) is 18.8. The van der Waals surface area contributed by atoms with Crippen molar-refractivity contribution in [3.8, 4) is 5.75 Å². The largest absolute Gasteiger partial charge is 0.497 e.